The van der Waals surface area contributed by atoms with Gasteiger partial charge in [0.2, 0.25) is 0 Å². The molecule has 0 amide bonds. The standard InChI is InChI=1S/C55H37NS2/c1-55(2)47-17-9-6-14-40(47)41-29-28-39(32-48(41)55)56(37-24-20-35(21-25-37)34-12-4-3-5-13-34)38-26-22-36(23-27-38)46-33-51-52(45-16-8-11-19-50(45)57-51)53-43(46)30-31-44-42-15-7-10-18-49(42)58-54(44)53/h3-33H,1-2H3. The van der Waals surface area contributed by atoms with E-state index in [2.05, 4.69) is 207 Å². The fourth-order valence-electron chi connectivity index (χ4n) is 9.64. The third kappa shape index (κ3) is 5.00. The van der Waals surface area contributed by atoms with Crippen LogP contribution in [0.1, 0.15) is 25.0 Å². The van der Waals surface area contributed by atoms with Gasteiger partial charge in [-0.1, -0.05) is 147 Å². The van der Waals surface area contributed by atoms with Crippen molar-refractivity contribution < 1.29 is 0 Å². The molecule has 0 saturated heterocycles. The van der Waals surface area contributed by atoms with Gasteiger partial charge in [-0.3, -0.25) is 0 Å². The third-order valence-electron chi connectivity index (χ3n) is 12.5. The largest absolute Gasteiger partial charge is 0.310 e. The van der Waals surface area contributed by atoms with Crippen molar-refractivity contribution in [3.63, 3.8) is 0 Å². The summed E-state index contributed by atoms with van der Waals surface area (Å²) in [7, 11) is 0. The van der Waals surface area contributed by atoms with Crippen molar-refractivity contribution in [3.05, 3.63) is 199 Å². The summed E-state index contributed by atoms with van der Waals surface area (Å²) in [5.41, 5.74) is 13.7. The van der Waals surface area contributed by atoms with Crippen LogP contribution in [0.4, 0.5) is 17.1 Å². The number of hydrogen-bond acceptors (Lipinski definition) is 3. The second-order valence-corrected chi connectivity index (χ2v) is 18.2. The highest BCUT2D eigenvalue weighted by molar-refractivity contribution is 7.28. The van der Waals surface area contributed by atoms with Gasteiger partial charge >= 0.3 is 0 Å². The van der Waals surface area contributed by atoms with Gasteiger partial charge in [-0.05, 0) is 104 Å². The second kappa shape index (κ2) is 12.7. The van der Waals surface area contributed by atoms with Gasteiger partial charge in [0.15, 0.2) is 0 Å². The van der Waals surface area contributed by atoms with Crippen LogP contribution in [0.25, 0.3) is 84.5 Å². The molecule has 1 nitrogen and oxygen atoms in total. The normalized spacial score (nSPS) is 13.1. The summed E-state index contributed by atoms with van der Waals surface area (Å²) in [6, 6.07) is 69.8. The Labute approximate surface area is 345 Å². The average molecular weight is 776 g/mol. The molecule has 274 valence electrons. The van der Waals surface area contributed by atoms with E-state index in [1.807, 2.05) is 22.7 Å². The zero-order valence-corrected chi connectivity index (χ0v) is 33.8. The van der Waals surface area contributed by atoms with E-state index in [0.717, 1.165) is 17.1 Å². The molecule has 0 fully saturated rings. The van der Waals surface area contributed by atoms with Crippen LogP contribution in [-0.2, 0) is 5.41 Å². The lowest BCUT2D eigenvalue weighted by molar-refractivity contribution is 0.660. The molecular formula is C55H37NS2. The minimum absolute atomic E-state index is 0.0965. The molecule has 12 rings (SSSR count). The molecule has 0 N–H and O–H groups in total. The van der Waals surface area contributed by atoms with Gasteiger partial charge in [-0.2, -0.15) is 0 Å². The smallest absolute Gasteiger partial charge is 0.0465 e. The maximum atomic E-state index is 2.44. The number of nitrogens with zero attached hydrogens (tertiary/aromatic N) is 1. The summed E-state index contributed by atoms with van der Waals surface area (Å²) in [4.78, 5) is 2.42. The lowest BCUT2D eigenvalue weighted by Gasteiger charge is -2.28. The van der Waals surface area contributed by atoms with Gasteiger partial charge in [-0.15, -0.1) is 22.7 Å². The molecule has 0 unspecified atom stereocenters. The molecular weight excluding hydrogens is 739 g/mol. The molecule has 0 spiro atoms. The third-order valence-corrected chi connectivity index (χ3v) is 14.8. The summed E-state index contributed by atoms with van der Waals surface area (Å²) in [5, 5.41) is 8.06. The average Bonchev–Trinajstić information content (AvgIpc) is 3.92. The molecule has 2 aromatic heterocycles. The van der Waals surface area contributed by atoms with Crippen LogP contribution >= 0.6 is 22.7 Å². The maximum absolute atomic E-state index is 2.44. The molecule has 0 bridgehead atoms. The summed E-state index contributed by atoms with van der Waals surface area (Å²) in [6.45, 7) is 4.72. The number of rotatable bonds is 5. The van der Waals surface area contributed by atoms with Crippen LogP contribution < -0.4 is 4.90 Å². The molecule has 2 heterocycles. The highest BCUT2D eigenvalue weighted by Gasteiger charge is 2.35. The summed E-state index contributed by atoms with van der Waals surface area (Å²) >= 11 is 3.83. The maximum Gasteiger partial charge on any atom is 0.0465 e. The summed E-state index contributed by atoms with van der Waals surface area (Å²) in [6.07, 6.45) is 0. The van der Waals surface area contributed by atoms with Crippen molar-refractivity contribution in [3.8, 4) is 33.4 Å². The number of fused-ring (bicyclic) bond motifs is 12. The predicted molar refractivity (Wildman–Crippen MR) is 253 cm³/mol. The van der Waals surface area contributed by atoms with Crippen LogP contribution in [0.5, 0.6) is 0 Å². The van der Waals surface area contributed by atoms with Crippen LogP contribution in [0.2, 0.25) is 0 Å². The Kier molecular flexibility index (Phi) is 7.38. The lowest BCUT2D eigenvalue weighted by atomic mass is 9.82. The molecule has 3 heteroatoms. The van der Waals surface area contributed by atoms with E-state index < -0.39 is 0 Å². The lowest BCUT2D eigenvalue weighted by Crippen LogP contribution is -2.16. The zero-order valence-electron chi connectivity index (χ0n) is 32.2. The Morgan fingerprint density at radius 2 is 0.948 bits per heavy atom. The molecule has 0 aliphatic heterocycles. The Bertz CT molecular complexity index is 3400. The SMILES string of the molecule is CC1(C)c2ccccc2-c2ccc(N(c3ccc(-c4ccccc4)cc3)c3ccc(-c4cc5sc6ccccc6c5c5c4ccc4c6ccccc6sc45)cc3)cc21. The number of anilines is 3. The van der Waals surface area contributed by atoms with Crippen molar-refractivity contribution >= 4 is 90.9 Å². The number of hydrogen-bond donors (Lipinski definition) is 0. The van der Waals surface area contributed by atoms with Gasteiger partial charge in [0.05, 0.1) is 0 Å². The number of thiophene rings is 2. The van der Waals surface area contributed by atoms with E-state index in [-0.39, 0.29) is 5.41 Å². The van der Waals surface area contributed by atoms with E-state index in [0.29, 0.717) is 0 Å². The molecule has 1 aliphatic rings. The first-order valence-electron chi connectivity index (χ1n) is 20.0. The highest BCUT2D eigenvalue weighted by atomic mass is 32.1. The highest BCUT2D eigenvalue weighted by Crippen LogP contribution is 2.52. The van der Waals surface area contributed by atoms with Crippen LogP contribution in [-0.4, -0.2) is 0 Å². The van der Waals surface area contributed by atoms with E-state index in [9.17, 15) is 0 Å². The first-order valence-corrected chi connectivity index (χ1v) is 21.6. The minimum atomic E-state index is -0.0965. The molecule has 0 saturated carbocycles. The van der Waals surface area contributed by atoms with Crippen molar-refractivity contribution in [2.45, 2.75) is 19.3 Å². The van der Waals surface area contributed by atoms with Crippen LogP contribution in [0.15, 0.2) is 188 Å². The van der Waals surface area contributed by atoms with Gasteiger partial charge < -0.3 is 4.90 Å². The van der Waals surface area contributed by atoms with Crippen molar-refractivity contribution in [1.82, 2.24) is 0 Å². The van der Waals surface area contributed by atoms with Crippen molar-refractivity contribution in [2.75, 3.05) is 4.90 Å². The Morgan fingerprint density at radius 3 is 1.72 bits per heavy atom. The molecule has 1 aliphatic carbocycles. The Morgan fingerprint density at radius 1 is 0.362 bits per heavy atom. The first-order chi connectivity index (χ1) is 28.5. The van der Waals surface area contributed by atoms with E-state index in [1.54, 1.807) is 0 Å². The van der Waals surface area contributed by atoms with Gasteiger partial charge in [0.25, 0.3) is 0 Å². The van der Waals surface area contributed by atoms with E-state index in [4.69, 9.17) is 0 Å². The number of benzene rings is 9. The van der Waals surface area contributed by atoms with Gasteiger partial charge in [-0.25, -0.2) is 0 Å². The fourth-order valence-corrected chi connectivity index (χ4v) is 12.0. The molecule has 0 atom stereocenters. The van der Waals surface area contributed by atoms with Crippen LogP contribution in [0.3, 0.4) is 0 Å². The monoisotopic (exact) mass is 775 g/mol. The first kappa shape index (κ1) is 33.6. The minimum Gasteiger partial charge on any atom is -0.310 e. The predicted octanol–water partition coefficient (Wildman–Crippen LogP) is 16.7. The molecule has 11 aromatic rings. The quantitative estimate of drug-likeness (QED) is 0.168. The molecule has 58 heavy (non-hydrogen) atoms. The van der Waals surface area contributed by atoms with Crippen molar-refractivity contribution in [2.24, 2.45) is 0 Å². The van der Waals surface area contributed by atoms with E-state index >= 15 is 0 Å². The van der Waals surface area contributed by atoms with Crippen LogP contribution in [0, 0.1) is 0 Å². The summed E-state index contributed by atoms with van der Waals surface area (Å²) in [5.74, 6) is 0. The molecule has 0 radical (unpaired) electrons. The summed E-state index contributed by atoms with van der Waals surface area (Å²) < 4.78 is 5.37. The van der Waals surface area contributed by atoms with Gasteiger partial charge in [0, 0.05) is 68.2 Å². The molecule has 9 aromatic carbocycles. The Hall–Kier alpha value is -6.52. The Balaban J connectivity index is 1.03. The fraction of sp³-hybridized carbons (Fsp3) is 0.0545. The zero-order chi connectivity index (χ0) is 38.5. The second-order valence-electron chi connectivity index (χ2n) is 16.1. The van der Waals surface area contributed by atoms with Crippen molar-refractivity contribution in [1.29, 1.82) is 0 Å². The van der Waals surface area contributed by atoms with Gasteiger partial charge in [0.1, 0.15) is 0 Å². The van der Waals surface area contributed by atoms with E-state index in [1.165, 1.54) is 95.6 Å². The topological polar surface area (TPSA) is 3.24 Å².